The molecule has 0 radical (unpaired) electrons. The molecule has 1 fully saturated rings. The van der Waals surface area contributed by atoms with Crippen LogP contribution in [0.4, 0.5) is 13.2 Å². The Labute approximate surface area is 223 Å². The molecule has 0 spiro atoms. The molecule has 1 saturated heterocycles. The summed E-state index contributed by atoms with van der Waals surface area (Å²) in [5.41, 5.74) is -0.0614. The summed E-state index contributed by atoms with van der Waals surface area (Å²) in [6, 6.07) is 3.92. The summed E-state index contributed by atoms with van der Waals surface area (Å²) in [5.74, 6) is -7.84. The van der Waals surface area contributed by atoms with Crippen LogP contribution in [0.2, 0.25) is 0 Å². The van der Waals surface area contributed by atoms with Crippen molar-refractivity contribution in [1.29, 1.82) is 0 Å². The van der Waals surface area contributed by atoms with Crippen molar-refractivity contribution in [2.24, 2.45) is 5.92 Å². The molecule has 2 aromatic rings. The third kappa shape index (κ3) is 7.65. The molecule has 3 rings (SSSR count). The first-order valence-corrected chi connectivity index (χ1v) is 12.2. The third-order valence-electron chi connectivity index (χ3n) is 6.20. The lowest BCUT2D eigenvalue weighted by Gasteiger charge is -2.31. The van der Waals surface area contributed by atoms with Crippen molar-refractivity contribution in [2.75, 3.05) is 26.3 Å². The molecule has 1 N–H and O–H groups in total. The van der Waals surface area contributed by atoms with Crippen LogP contribution < -0.4 is 10.1 Å². The fourth-order valence-electron chi connectivity index (χ4n) is 3.99. The molecule has 39 heavy (non-hydrogen) atoms. The summed E-state index contributed by atoms with van der Waals surface area (Å²) < 4.78 is 51.5. The topological polar surface area (TPSA) is 115 Å². The summed E-state index contributed by atoms with van der Waals surface area (Å²) in [5, 5.41) is 2.51. The zero-order valence-corrected chi connectivity index (χ0v) is 21.3. The number of halogens is 3. The number of benzene rings is 1. The highest BCUT2D eigenvalue weighted by molar-refractivity contribution is 5.94. The number of ketones is 1. The van der Waals surface area contributed by atoms with Crippen molar-refractivity contribution in [3.8, 4) is 5.75 Å². The van der Waals surface area contributed by atoms with Gasteiger partial charge in [-0.1, -0.05) is 18.7 Å². The van der Waals surface area contributed by atoms with Crippen LogP contribution in [-0.2, 0) is 19.1 Å². The van der Waals surface area contributed by atoms with E-state index in [-0.39, 0.29) is 36.9 Å². The van der Waals surface area contributed by atoms with Crippen molar-refractivity contribution >= 4 is 23.6 Å². The molecule has 1 aromatic heterocycles. The number of Topliss-reactive ketones (excluding diaryl/α,β-unsaturated/α-hetero) is 1. The maximum absolute atomic E-state index is 14.1. The van der Waals surface area contributed by atoms with Crippen molar-refractivity contribution in [3.63, 3.8) is 0 Å². The first-order chi connectivity index (χ1) is 18.6. The number of nitrogens with zero attached hydrogens (tertiary/aromatic N) is 2. The highest BCUT2D eigenvalue weighted by Crippen LogP contribution is 2.27. The van der Waals surface area contributed by atoms with Gasteiger partial charge >= 0.3 is 5.97 Å². The van der Waals surface area contributed by atoms with Crippen LogP contribution in [0.5, 0.6) is 5.75 Å². The van der Waals surface area contributed by atoms with E-state index in [0.29, 0.717) is 18.9 Å². The van der Waals surface area contributed by atoms with Gasteiger partial charge in [-0.2, -0.15) is 4.39 Å². The summed E-state index contributed by atoms with van der Waals surface area (Å²) in [4.78, 5) is 56.3. The van der Waals surface area contributed by atoms with Crippen LogP contribution in [0.1, 0.15) is 35.3 Å². The van der Waals surface area contributed by atoms with E-state index in [1.165, 1.54) is 12.3 Å². The number of aromatic nitrogens is 1. The second kappa shape index (κ2) is 13.5. The molecule has 0 unspecified atom stereocenters. The van der Waals surface area contributed by atoms with Gasteiger partial charge < -0.3 is 19.7 Å². The molecular formula is C27H28F3N3O6. The van der Waals surface area contributed by atoms with Gasteiger partial charge in [-0.05, 0) is 31.9 Å². The van der Waals surface area contributed by atoms with Gasteiger partial charge in [-0.3, -0.25) is 24.2 Å². The zero-order chi connectivity index (χ0) is 28.5. The van der Waals surface area contributed by atoms with E-state index in [9.17, 15) is 32.3 Å². The first kappa shape index (κ1) is 29.3. The van der Waals surface area contributed by atoms with Crippen LogP contribution in [-0.4, -0.2) is 65.8 Å². The monoisotopic (exact) mass is 547 g/mol. The lowest BCUT2D eigenvalue weighted by atomic mass is 9.94. The Morgan fingerprint density at radius 3 is 2.54 bits per heavy atom. The second-order valence-corrected chi connectivity index (χ2v) is 8.88. The number of esters is 1. The van der Waals surface area contributed by atoms with Gasteiger partial charge in [-0.25, -0.2) is 8.78 Å². The minimum Gasteiger partial charge on any atom is -0.482 e. The molecule has 0 aliphatic carbocycles. The highest BCUT2D eigenvalue weighted by Gasteiger charge is 2.32. The van der Waals surface area contributed by atoms with E-state index in [1.54, 1.807) is 23.1 Å². The van der Waals surface area contributed by atoms with E-state index < -0.39 is 65.8 Å². The van der Waals surface area contributed by atoms with E-state index in [2.05, 4.69) is 16.9 Å². The maximum Gasteiger partial charge on any atom is 0.308 e. The van der Waals surface area contributed by atoms with Gasteiger partial charge in [0.2, 0.25) is 11.7 Å². The van der Waals surface area contributed by atoms with Crippen LogP contribution >= 0.6 is 0 Å². The molecule has 1 aromatic carbocycles. The number of carbonyl (C=O) groups is 4. The van der Waals surface area contributed by atoms with E-state index in [1.807, 2.05) is 0 Å². The number of amides is 2. The highest BCUT2D eigenvalue weighted by atomic mass is 19.2. The molecule has 0 saturated carbocycles. The number of carbonyl (C=O) groups excluding carboxylic acids is 4. The second-order valence-electron chi connectivity index (χ2n) is 8.88. The van der Waals surface area contributed by atoms with E-state index in [4.69, 9.17) is 9.47 Å². The van der Waals surface area contributed by atoms with Gasteiger partial charge in [0, 0.05) is 36.8 Å². The Balaban J connectivity index is 1.64. The van der Waals surface area contributed by atoms with Crippen molar-refractivity contribution in [1.82, 2.24) is 15.2 Å². The molecule has 1 atom stereocenters. The molecule has 1 aliphatic heterocycles. The number of hydrogen-bond acceptors (Lipinski definition) is 7. The number of piperidine rings is 1. The van der Waals surface area contributed by atoms with Gasteiger partial charge in [0.05, 0.1) is 6.42 Å². The summed E-state index contributed by atoms with van der Waals surface area (Å²) in [6.07, 6.45) is 2.87. The number of rotatable bonds is 11. The summed E-state index contributed by atoms with van der Waals surface area (Å²) in [7, 11) is 0. The minimum atomic E-state index is -1.49. The smallest absolute Gasteiger partial charge is 0.308 e. The molecule has 208 valence electrons. The van der Waals surface area contributed by atoms with Crippen LogP contribution in [0.25, 0.3) is 0 Å². The van der Waals surface area contributed by atoms with Crippen molar-refractivity contribution in [3.05, 3.63) is 71.8 Å². The largest absolute Gasteiger partial charge is 0.482 e. The first-order valence-electron chi connectivity index (χ1n) is 12.2. The predicted molar refractivity (Wildman–Crippen MR) is 132 cm³/mol. The Morgan fingerprint density at radius 1 is 1.18 bits per heavy atom. The molecule has 2 amide bonds. The third-order valence-corrected chi connectivity index (χ3v) is 6.20. The fourth-order valence-corrected chi connectivity index (χ4v) is 3.99. The van der Waals surface area contributed by atoms with Gasteiger partial charge in [0.15, 0.2) is 17.3 Å². The summed E-state index contributed by atoms with van der Waals surface area (Å²) in [6.45, 7) is 4.13. The van der Waals surface area contributed by atoms with Crippen molar-refractivity contribution < 1.29 is 41.8 Å². The lowest BCUT2D eigenvalue weighted by molar-refractivity contribution is -0.145. The Kier molecular flexibility index (Phi) is 10.2. The van der Waals surface area contributed by atoms with Gasteiger partial charge in [0.25, 0.3) is 5.91 Å². The zero-order valence-electron chi connectivity index (χ0n) is 21.3. The van der Waals surface area contributed by atoms with Crippen LogP contribution in [0.3, 0.4) is 0 Å². The molecule has 2 heterocycles. The number of likely N-dealkylation sites (tertiary alicyclic amines) is 1. The Bertz CT molecular complexity index is 1210. The Hall–Kier alpha value is -4.22. The molecule has 0 bridgehead atoms. The molecule has 12 heteroatoms. The predicted octanol–water partition coefficient (Wildman–Crippen LogP) is 2.91. The number of ether oxygens (including phenoxy) is 2. The fraction of sp³-hybridized carbons (Fsp3) is 0.370. The SMILES string of the molecule is C=CCOC(=O)C[C@H](NC(=O)C1CCN(C(=O)c2ccccn2)CC1)C(=O)COc1c(C)c(F)cc(F)c1F. The maximum atomic E-state index is 14.1. The molecule has 9 nitrogen and oxygen atoms in total. The van der Waals surface area contributed by atoms with Gasteiger partial charge in [0.1, 0.15) is 30.8 Å². The van der Waals surface area contributed by atoms with E-state index in [0.717, 1.165) is 6.92 Å². The summed E-state index contributed by atoms with van der Waals surface area (Å²) >= 11 is 0. The van der Waals surface area contributed by atoms with Crippen LogP contribution in [0.15, 0.2) is 43.1 Å². The Morgan fingerprint density at radius 2 is 1.90 bits per heavy atom. The van der Waals surface area contributed by atoms with Gasteiger partial charge in [-0.15, -0.1) is 0 Å². The number of pyridine rings is 1. The van der Waals surface area contributed by atoms with E-state index >= 15 is 0 Å². The standard InChI is InChI=1S/C27H28F3N3O6/c1-3-12-38-23(35)14-21(22(34)15-39-25-16(2)18(28)13-19(29)24(25)30)32-26(36)17-7-10-33(11-8-17)27(37)20-6-4-5-9-31-20/h3-6,9,13,17,21H,1,7-8,10-12,14-15H2,2H3,(H,32,36)/t21-/m0/s1. The lowest BCUT2D eigenvalue weighted by Crippen LogP contribution is -2.49. The van der Waals surface area contributed by atoms with Crippen molar-refractivity contribution in [2.45, 2.75) is 32.2 Å². The average Bonchev–Trinajstić information content (AvgIpc) is 2.94. The number of nitrogens with one attached hydrogen (secondary N) is 1. The molecular weight excluding hydrogens is 519 g/mol. The molecule has 1 aliphatic rings. The number of hydrogen-bond donors (Lipinski definition) is 1. The normalized spacial score (nSPS) is 14.3. The quantitative estimate of drug-likeness (QED) is 0.261. The van der Waals surface area contributed by atoms with Crippen LogP contribution in [0, 0.1) is 30.3 Å². The average molecular weight is 548 g/mol. The minimum absolute atomic E-state index is 0.125.